The quantitative estimate of drug-likeness (QED) is 0.211. The van der Waals surface area contributed by atoms with Crippen LogP contribution in [0.4, 0.5) is 0 Å². The van der Waals surface area contributed by atoms with E-state index in [4.69, 9.17) is 29.9 Å². The largest absolute Gasteiger partial charge is 0.482 e. The van der Waals surface area contributed by atoms with Gasteiger partial charge in [-0.15, -0.1) is 0 Å². The first-order valence-corrected chi connectivity index (χ1v) is 11.3. The van der Waals surface area contributed by atoms with Crippen molar-refractivity contribution in [3.05, 3.63) is 65.2 Å². The molecule has 0 bridgehead atoms. The number of ether oxygens (including phenoxy) is 2. The van der Waals surface area contributed by atoms with Gasteiger partial charge in [0.25, 0.3) is 11.8 Å². The summed E-state index contributed by atoms with van der Waals surface area (Å²) in [5.74, 6) is -9.59. The van der Waals surface area contributed by atoms with Crippen LogP contribution >= 0.6 is 0 Å². The molecule has 2 aromatic rings. The second kappa shape index (κ2) is 14.5. The van der Waals surface area contributed by atoms with Crippen LogP contribution in [0.2, 0.25) is 0 Å². The molecule has 0 aromatic heterocycles. The zero-order valence-electron chi connectivity index (χ0n) is 20.7. The van der Waals surface area contributed by atoms with Gasteiger partial charge in [-0.05, 0) is 23.8 Å². The predicted molar refractivity (Wildman–Crippen MR) is 131 cm³/mol. The van der Waals surface area contributed by atoms with Crippen molar-refractivity contribution in [1.82, 2.24) is 9.80 Å². The van der Waals surface area contributed by atoms with Gasteiger partial charge in [-0.1, -0.05) is 30.3 Å². The van der Waals surface area contributed by atoms with E-state index in [1.54, 1.807) is 30.3 Å². The van der Waals surface area contributed by atoms with Crippen molar-refractivity contribution in [2.45, 2.75) is 6.61 Å². The zero-order chi connectivity index (χ0) is 29.8. The lowest BCUT2D eigenvalue weighted by atomic mass is 10.1. The molecule has 2 aromatic carbocycles. The lowest BCUT2D eigenvalue weighted by Gasteiger charge is -2.21. The lowest BCUT2D eigenvalue weighted by molar-refractivity contribution is -0.147. The standard InChI is InChI=1S/C25H24N2O13/c28-19(29)9-26(10-20(30)31)24(37)16-6-17(25(38)27(11-21(32)33)12-22(34)35)8-18(7-16)39-14-23(36)40-13-15-4-2-1-3-5-15/h1-8H,9-14H2,(H,28,29)(H,30,31)(H,32,33)(H,34,35). The van der Waals surface area contributed by atoms with E-state index in [-0.39, 0.29) is 12.4 Å². The average Bonchev–Trinajstić information content (AvgIpc) is 2.88. The van der Waals surface area contributed by atoms with Gasteiger partial charge in [0, 0.05) is 11.1 Å². The van der Waals surface area contributed by atoms with Gasteiger partial charge >= 0.3 is 29.8 Å². The molecule has 15 nitrogen and oxygen atoms in total. The van der Waals surface area contributed by atoms with Crippen LogP contribution in [0.1, 0.15) is 26.3 Å². The molecule has 0 saturated heterocycles. The second-order valence-corrected chi connectivity index (χ2v) is 8.08. The van der Waals surface area contributed by atoms with Crippen molar-refractivity contribution >= 4 is 41.7 Å². The summed E-state index contributed by atoms with van der Waals surface area (Å²) in [7, 11) is 0. The summed E-state index contributed by atoms with van der Waals surface area (Å²) < 4.78 is 10.4. The van der Waals surface area contributed by atoms with Gasteiger partial charge in [-0.2, -0.15) is 0 Å². The molecule has 40 heavy (non-hydrogen) atoms. The van der Waals surface area contributed by atoms with Crippen LogP contribution < -0.4 is 4.74 Å². The molecule has 0 atom stereocenters. The number of esters is 1. The molecular weight excluding hydrogens is 536 g/mol. The van der Waals surface area contributed by atoms with Crippen molar-refractivity contribution < 1.29 is 63.5 Å². The zero-order valence-corrected chi connectivity index (χ0v) is 20.7. The van der Waals surface area contributed by atoms with E-state index in [2.05, 4.69) is 0 Å². The number of carbonyl (C=O) groups is 7. The van der Waals surface area contributed by atoms with Crippen molar-refractivity contribution in [3.63, 3.8) is 0 Å². The highest BCUT2D eigenvalue weighted by Gasteiger charge is 2.26. The molecule has 2 amide bonds. The maximum absolute atomic E-state index is 13.0. The third-order valence-corrected chi connectivity index (χ3v) is 4.88. The van der Waals surface area contributed by atoms with Crippen molar-refractivity contribution in [3.8, 4) is 5.75 Å². The Morgan fingerprint density at radius 3 is 1.45 bits per heavy atom. The molecule has 0 fully saturated rings. The van der Waals surface area contributed by atoms with Gasteiger partial charge in [0.2, 0.25) is 0 Å². The van der Waals surface area contributed by atoms with Crippen LogP contribution in [-0.2, 0) is 35.3 Å². The normalized spacial score (nSPS) is 10.2. The molecule has 0 spiro atoms. The molecule has 0 saturated carbocycles. The summed E-state index contributed by atoms with van der Waals surface area (Å²) in [5, 5.41) is 36.3. The molecule has 0 aliphatic carbocycles. The SMILES string of the molecule is O=C(O)CN(CC(=O)O)C(=O)c1cc(OCC(=O)OCc2ccccc2)cc(C(=O)N(CC(=O)O)CC(=O)O)c1. The highest BCUT2D eigenvalue weighted by Crippen LogP contribution is 2.21. The molecule has 0 aliphatic heterocycles. The van der Waals surface area contributed by atoms with Gasteiger partial charge in [-0.3, -0.25) is 28.8 Å². The van der Waals surface area contributed by atoms with Crippen molar-refractivity contribution in [2.75, 3.05) is 32.8 Å². The Balaban J connectivity index is 2.39. The maximum Gasteiger partial charge on any atom is 0.344 e. The molecular formula is C25H24N2O13. The van der Waals surface area contributed by atoms with Gasteiger partial charge in [0.05, 0.1) is 0 Å². The number of rotatable bonds is 15. The monoisotopic (exact) mass is 560 g/mol. The van der Waals surface area contributed by atoms with E-state index in [1.165, 1.54) is 0 Å². The number of hydrogen-bond acceptors (Lipinski definition) is 9. The Morgan fingerprint density at radius 1 is 0.625 bits per heavy atom. The fourth-order valence-electron chi connectivity index (χ4n) is 3.27. The Morgan fingerprint density at radius 2 is 1.05 bits per heavy atom. The van der Waals surface area contributed by atoms with Crippen LogP contribution in [0.3, 0.4) is 0 Å². The van der Waals surface area contributed by atoms with Crippen LogP contribution in [-0.4, -0.2) is 105 Å². The van der Waals surface area contributed by atoms with E-state index in [9.17, 15) is 33.6 Å². The lowest BCUT2D eigenvalue weighted by Crippen LogP contribution is -2.40. The Hall–Kier alpha value is -5.47. The molecule has 0 heterocycles. The maximum atomic E-state index is 13.0. The summed E-state index contributed by atoms with van der Waals surface area (Å²) in [6.07, 6.45) is 0. The predicted octanol–water partition coefficient (Wildman–Crippen LogP) is 0.0316. The molecule has 0 radical (unpaired) electrons. The minimum atomic E-state index is -1.53. The Kier molecular flexibility index (Phi) is 11.1. The molecule has 0 aliphatic rings. The van der Waals surface area contributed by atoms with Gasteiger partial charge in [0.15, 0.2) is 6.61 Å². The summed E-state index contributed by atoms with van der Waals surface area (Å²) >= 11 is 0. The smallest absolute Gasteiger partial charge is 0.344 e. The van der Waals surface area contributed by atoms with E-state index < -0.39 is 85.6 Å². The summed E-state index contributed by atoms with van der Waals surface area (Å²) in [6.45, 7) is -4.86. The number of hydrogen-bond donors (Lipinski definition) is 4. The second-order valence-electron chi connectivity index (χ2n) is 8.08. The fourth-order valence-corrected chi connectivity index (χ4v) is 3.27. The minimum absolute atomic E-state index is 0.0794. The van der Waals surface area contributed by atoms with Crippen LogP contribution in [0.25, 0.3) is 0 Å². The van der Waals surface area contributed by atoms with E-state index in [1.807, 2.05) is 0 Å². The Labute approximate surface area is 225 Å². The highest BCUT2D eigenvalue weighted by molar-refractivity contribution is 6.03. The van der Waals surface area contributed by atoms with Crippen molar-refractivity contribution in [1.29, 1.82) is 0 Å². The minimum Gasteiger partial charge on any atom is -0.482 e. The molecule has 15 heteroatoms. The topological polar surface area (TPSA) is 225 Å². The van der Waals surface area contributed by atoms with Crippen molar-refractivity contribution in [2.24, 2.45) is 0 Å². The van der Waals surface area contributed by atoms with Gasteiger partial charge < -0.3 is 39.7 Å². The van der Waals surface area contributed by atoms with E-state index in [0.29, 0.717) is 15.4 Å². The third kappa shape index (κ3) is 10.1. The van der Waals surface area contributed by atoms with Gasteiger partial charge in [-0.25, -0.2) is 4.79 Å². The number of nitrogens with zero attached hydrogens (tertiary/aromatic N) is 2. The fraction of sp³-hybridized carbons (Fsp3) is 0.240. The first kappa shape index (κ1) is 30.8. The van der Waals surface area contributed by atoms with Gasteiger partial charge in [0.1, 0.15) is 38.5 Å². The van der Waals surface area contributed by atoms with Crippen LogP contribution in [0.5, 0.6) is 5.75 Å². The van der Waals surface area contributed by atoms with E-state index >= 15 is 0 Å². The highest BCUT2D eigenvalue weighted by atomic mass is 16.6. The summed E-state index contributed by atoms with van der Waals surface area (Å²) in [6, 6.07) is 11.5. The average molecular weight is 560 g/mol. The number of carboxylic acid groups (broad SMARTS) is 4. The molecule has 212 valence electrons. The first-order chi connectivity index (χ1) is 18.8. The Bertz CT molecular complexity index is 1190. The molecule has 4 N–H and O–H groups in total. The first-order valence-electron chi connectivity index (χ1n) is 11.3. The summed E-state index contributed by atoms with van der Waals surface area (Å²) in [4.78, 5) is 83.7. The number of amides is 2. The summed E-state index contributed by atoms with van der Waals surface area (Å²) in [5.41, 5.74) is -0.219. The molecule has 0 unspecified atom stereocenters. The third-order valence-electron chi connectivity index (χ3n) is 4.88. The van der Waals surface area contributed by atoms with Crippen LogP contribution in [0, 0.1) is 0 Å². The number of benzene rings is 2. The molecule has 2 rings (SSSR count). The van der Waals surface area contributed by atoms with Crippen LogP contribution in [0.15, 0.2) is 48.5 Å². The number of aliphatic carboxylic acids is 4. The number of carbonyl (C=O) groups excluding carboxylic acids is 3. The number of carboxylic acids is 4. The van der Waals surface area contributed by atoms with E-state index in [0.717, 1.165) is 18.2 Å².